The minimum atomic E-state index is 0. The van der Waals surface area contributed by atoms with E-state index >= 15 is 0 Å². The summed E-state index contributed by atoms with van der Waals surface area (Å²) in [4.78, 5) is 19.0. The number of thiazole rings is 1. The number of unbranched alkanes of at least 4 members (excludes halogenated alkanes) is 1. The van der Waals surface area contributed by atoms with Crippen LogP contribution in [0.15, 0.2) is 24.3 Å². The lowest BCUT2D eigenvalue weighted by atomic mass is 9.96. The second kappa shape index (κ2) is 11.8. The molecule has 2 heterocycles. The van der Waals surface area contributed by atoms with Gasteiger partial charge in [-0.3, -0.25) is 4.79 Å². The number of piperidine rings is 1. The van der Waals surface area contributed by atoms with Crippen LogP contribution >= 0.6 is 36.2 Å². The van der Waals surface area contributed by atoms with Crippen LogP contribution in [0, 0.1) is 5.92 Å². The number of likely N-dealkylation sites (tertiary alicyclic amines) is 1. The molecule has 0 bridgehead atoms. The van der Waals surface area contributed by atoms with E-state index in [9.17, 15) is 4.79 Å². The van der Waals surface area contributed by atoms with Crippen LogP contribution in [-0.2, 0) is 11.2 Å². The van der Waals surface area contributed by atoms with Crippen LogP contribution in [0.2, 0.25) is 0 Å². The summed E-state index contributed by atoms with van der Waals surface area (Å²) in [5, 5.41) is 4.43. The fourth-order valence-electron chi connectivity index (χ4n) is 3.41. The largest absolute Gasteiger partial charge is 0.343 e. The molecule has 4 nitrogen and oxygen atoms in total. The lowest BCUT2D eigenvalue weighted by Gasteiger charge is -2.32. The number of fused-ring (bicyclic) bond motifs is 1. The summed E-state index contributed by atoms with van der Waals surface area (Å²) >= 11 is 1.78. The second-order valence-electron chi connectivity index (χ2n) is 6.66. The number of nitrogens with zero attached hydrogens (tertiary/aromatic N) is 2. The molecule has 0 spiro atoms. The standard InChI is InChI=1S/C19H27N3OS.2ClH/c1-20-14-15-10-12-22(13-11-15)19(23)9-5-4-8-18-21-16-6-2-3-7-17(16)24-18;;/h2-3,6-7,15,20H,4-5,8-14H2,1H3;2*1H. The highest BCUT2D eigenvalue weighted by Gasteiger charge is 2.21. The first-order valence-corrected chi connectivity index (χ1v) is 9.84. The molecule has 1 aliphatic rings. The van der Waals surface area contributed by atoms with Gasteiger partial charge in [-0.25, -0.2) is 4.98 Å². The summed E-state index contributed by atoms with van der Waals surface area (Å²) in [7, 11) is 2.00. The van der Waals surface area contributed by atoms with Crippen molar-refractivity contribution in [3.63, 3.8) is 0 Å². The third-order valence-electron chi connectivity index (χ3n) is 4.83. The number of benzene rings is 1. The Morgan fingerprint density at radius 2 is 1.96 bits per heavy atom. The van der Waals surface area contributed by atoms with E-state index in [2.05, 4.69) is 33.4 Å². The molecule has 1 amide bonds. The fraction of sp³-hybridized carbons (Fsp3) is 0.579. The van der Waals surface area contributed by atoms with E-state index in [0.29, 0.717) is 12.3 Å². The number of rotatable bonds is 7. The van der Waals surface area contributed by atoms with Crippen molar-refractivity contribution in [1.29, 1.82) is 0 Å². The van der Waals surface area contributed by atoms with Crippen molar-refractivity contribution in [3.8, 4) is 0 Å². The molecule has 2 aromatic rings. The topological polar surface area (TPSA) is 45.2 Å². The third kappa shape index (κ3) is 6.38. The number of carbonyl (C=O) groups excluding carboxylic acids is 1. The van der Waals surface area contributed by atoms with Gasteiger partial charge in [-0.05, 0) is 63.7 Å². The first kappa shape index (κ1) is 23.2. The molecule has 1 fully saturated rings. The molecule has 26 heavy (non-hydrogen) atoms. The molecule has 1 saturated heterocycles. The fourth-order valence-corrected chi connectivity index (χ4v) is 4.42. The van der Waals surface area contributed by atoms with Crippen LogP contribution in [-0.4, -0.2) is 42.5 Å². The van der Waals surface area contributed by atoms with E-state index in [1.54, 1.807) is 11.3 Å². The summed E-state index contributed by atoms with van der Waals surface area (Å²) < 4.78 is 1.26. The van der Waals surface area contributed by atoms with Crippen LogP contribution in [0.3, 0.4) is 0 Å². The van der Waals surface area contributed by atoms with Crippen LogP contribution < -0.4 is 5.32 Å². The van der Waals surface area contributed by atoms with Gasteiger partial charge in [0.25, 0.3) is 0 Å². The first-order chi connectivity index (χ1) is 11.8. The molecule has 0 atom stereocenters. The number of halogens is 2. The maximum absolute atomic E-state index is 12.3. The Morgan fingerprint density at radius 1 is 1.23 bits per heavy atom. The van der Waals surface area contributed by atoms with E-state index in [-0.39, 0.29) is 24.8 Å². The smallest absolute Gasteiger partial charge is 0.222 e. The van der Waals surface area contributed by atoms with E-state index in [0.717, 1.165) is 63.2 Å². The van der Waals surface area contributed by atoms with Crippen molar-refractivity contribution in [2.45, 2.75) is 38.5 Å². The van der Waals surface area contributed by atoms with Crippen LogP contribution in [0.4, 0.5) is 0 Å². The average molecular weight is 418 g/mol. The van der Waals surface area contributed by atoms with Crippen molar-refractivity contribution in [2.24, 2.45) is 5.92 Å². The highest BCUT2D eigenvalue weighted by molar-refractivity contribution is 7.18. The highest BCUT2D eigenvalue weighted by atomic mass is 35.5. The van der Waals surface area contributed by atoms with Gasteiger partial charge in [-0.1, -0.05) is 12.1 Å². The Hall–Kier alpha value is -0.880. The minimum Gasteiger partial charge on any atom is -0.343 e. The normalized spacial score (nSPS) is 14.7. The minimum absolute atomic E-state index is 0. The number of amides is 1. The Morgan fingerprint density at radius 3 is 2.65 bits per heavy atom. The van der Waals surface area contributed by atoms with Gasteiger partial charge < -0.3 is 10.2 Å². The number of hydrogen-bond acceptors (Lipinski definition) is 4. The van der Waals surface area contributed by atoms with E-state index in [1.807, 2.05) is 13.1 Å². The number of aryl methyl sites for hydroxylation is 1. The van der Waals surface area contributed by atoms with Gasteiger partial charge in [0, 0.05) is 19.5 Å². The van der Waals surface area contributed by atoms with Crippen molar-refractivity contribution < 1.29 is 4.79 Å². The molecular weight excluding hydrogens is 389 g/mol. The van der Waals surface area contributed by atoms with E-state index in [4.69, 9.17) is 0 Å². The lowest BCUT2D eigenvalue weighted by molar-refractivity contribution is -0.132. The zero-order valence-corrected chi connectivity index (χ0v) is 17.7. The third-order valence-corrected chi connectivity index (χ3v) is 5.93. The van der Waals surface area contributed by atoms with Gasteiger partial charge in [0.05, 0.1) is 15.2 Å². The molecular formula is C19H29Cl2N3OS. The van der Waals surface area contributed by atoms with Crippen molar-refractivity contribution >= 4 is 52.3 Å². The van der Waals surface area contributed by atoms with Gasteiger partial charge in [0.15, 0.2) is 0 Å². The Bertz CT molecular complexity index is 639. The first-order valence-electron chi connectivity index (χ1n) is 9.03. The molecule has 3 rings (SSSR count). The molecule has 0 saturated carbocycles. The van der Waals surface area contributed by atoms with Gasteiger partial charge in [-0.15, -0.1) is 36.2 Å². The molecule has 1 aromatic carbocycles. The summed E-state index contributed by atoms with van der Waals surface area (Å²) in [6, 6.07) is 8.28. The van der Waals surface area contributed by atoms with Gasteiger partial charge in [0.1, 0.15) is 0 Å². The molecule has 0 radical (unpaired) electrons. The summed E-state index contributed by atoms with van der Waals surface area (Å²) in [6.45, 7) is 2.94. The Balaban J connectivity index is 0.00000169. The van der Waals surface area contributed by atoms with E-state index in [1.165, 1.54) is 9.71 Å². The molecule has 0 aliphatic carbocycles. The van der Waals surface area contributed by atoms with Crippen LogP contribution in [0.5, 0.6) is 0 Å². The quantitative estimate of drug-likeness (QED) is 0.682. The average Bonchev–Trinajstić information content (AvgIpc) is 3.02. The van der Waals surface area contributed by atoms with Gasteiger partial charge >= 0.3 is 0 Å². The molecule has 1 N–H and O–H groups in total. The predicted molar refractivity (Wildman–Crippen MR) is 115 cm³/mol. The van der Waals surface area contributed by atoms with Gasteiger partial charge in [-0.2, -0.15) is 0 Å². The zero-order valence-electron chi connectivity index (χ0n) is 15.3. The zero-order chi connectivity index (χ0) is 16.8. The van der Waals surface area contributed by atoms with Gasteiger partial charge in [0.2, 0.25) is 5.91 Å². The number of nitrogens with one attached hydrogen (secondary N) is 1. The molecule has 1 aliphatic heterocycles. The van der Waals surface area contributed by atoms with Crippen molar-refractivity contribution in [2.75, 3.05) is 26.7 Å². The van der Waals surface area contributed by atoms with E-state index < -0.39 is 0 Å². The highest BCUT2D eigenvalue weighted by Crippen LogP contribution is 2.23. The number of para-hydroxylation sites is 1. The maximum Gasteiger partial charge on any atom is 0.222 e. The Kier molecular flexibility index (Phi) is 10.5. The monoisotopic (exact) mass is 417 g/mol. The van der Waals surface area contributed by atoms with Crippen molar-refractivity contribution in [1.82, 2.24) is 15.2 Å². The summed E-state index contributed by atoms with van der Waals surface area (Å²) in [5.41, 5.74) is 1.10. The van der Waals surface area contributed by atoms with Crippen LogP contribution in [0.1, 0.15) is 37.1 Å². The molecule has 146 valence electrons. The molecule has 1 aromatic heterocycles. The molecule has 0 unspecified atom stereocenters. The predicted octanol–water partition coefficient (Wildman–Crippen LogP) is 4.31. The summed E-state index contributed by atoms with van der Waals surface area (Å²) in [5.74, 6) is 1.07. The second-order valence-corrected chi connectivity index (χ2v) is 7.78. The SMILES string of the molecule is CNCC1CCN(C(=O)CCCCc2nc3ccccc3s2)CC1.Cl.Cl. The van der Waals surface area contributed by atoms with Crippen LogP contribution in [0.25, 0.3) is 10.2 Å². The lowest BCUT2D eigenvalue weighted by Crippen LogP contribution is -2.40. The number of aromatic nitrogens is 1. The molecule has 7 heteroatoms. The maximum atomic E-state index is 12.3. The Labute approximate surface area is 172 Å². The van der Waals surface area contributed by atoms with Crippen molar-refractivity contribution in [3.05, 3.63) is 29.3 Å². The number of hydrogen-bond donors (Lipinski definition) is 1. The summed E-state index contributed by atoms with van der Waals surface area (Å²) in [6.07, 6.45) is 5.95. The number of carbonyl (C=O) groups is 1.